The molecule has 1 rings (SSSR count). The summed E-state index contributed by atoms with van der Waals surface area (Å²) >= 11 is 1.13. The Bertz CT molecular complexity index is 266. The maximum absolute atomic E-state index is 11.0. The van der Waals surface area contributed by atoms with Crippen molar-refractivity contribution in [3.8, 4) is 0 Å². The van der Waals surface area contributed by atoms with Crippen molar-refractivity contribution >= 4 is 10.4 Å². The standard InChI is InChI=1S/C9H12O4.W/c1-4-12-7(3)9(11)6(2)5-8(10)13-9;/h3-4,6-7,11H,1,5H2,2H3;. The van der Waals surface area contributed by atoms with E-state index < -0.39 is 17.9 Å². The SMILES string of the molecule is C=COC([CH]=[W])C1(O)OC(=O)CC1C. The average molecular weight is 368 g/mol. The van der Waals surface area contributed by atoms with E-state index in [-0.39, 0.29) is 12.3 Å². The van der Waals surface area contributed by atoms with Crippen LogP contribution < -0.4 is 0 Å². The third-order valence-corrected chi connectivity index (χ3v) is 3.12. The van der Waals surface area contributed by atoms with Crippen LogP contribution in [0.3, 0.4) is 0 Å². The second-order valence-electron chi connectivity index (χ2n) is 3.19. The van der Waals surface area contributed by atoms with Crippen molar-refractivity contribution in [2.75, 3.05) is 0 Å². The molecule has 1 fully saturated rings. The first-order valence-corrected chi connectivity index (χ1v) is 5.89. The molecular formula is C9H12O4W. The summed E-state index contributed by atoms with van der Waals surface area (Å²) in [5.74, 6) is -2.20. The molecule has 78 valence electrons. The Morgan fingerprint density at radius 1 is 1.93 bits per heavy atom. The van der Waals surface area contributed by atoms with E-state index in [2.05, 4.69) is 6.58 Å². The molecule has 0 amide bonds. The first-order chi connectivity index (χ1) is 6.54. The number of aliphatic hydroxyl groups is 1. The van der Waals surface area contributed by atoms with Crippen molar-refractivity contribution in [1.82, 2.24) is 0 Å². The number of carbonyl (C=O) groups is 1. The summed E-state index contributed by atoms with van der Waals surface area (Å²) in [6.45, 7) is 5.16. The van der Waals surface area contributed by atoms with Crippen LogP contribution >= 0.6 is 0 Å². The number of hydrogen-bond acceptors (Lipinski definition) is 4. The monoisotopic (exact) mass is 368 g/mol. The zero-order chi connectivity index (χ0) is 10.8. The number of carbonyl (C=O) groups excluding carboxylic acids is 1. The topological polar surface area (TPSA) is 55.8 Å². The van der Waals surface area contributed by atoms with E-state index >= 15 is 0 Å². The Balaban J connectivity index is 2.85. The van der Waals surface area contributed by atoms with Gasteiger partial charge < -0.3 is 0 Å². The second-order valence-corrected chi connectivity index (χ2v) is 4.17. The molecule has 3 unspecified atom stereocenters. The quantitative estimate of drug-likeness (QED) is 0.567. The van der Waals surface area contributed by atoms with Crippen molar-refractivity contribution in [3.63, 3.8) is 0 Å². The van der Waals surface area contributed by atoms with Crippen LogP contribution in [-0.4, -0.2) is 27.4 Å². The van der Waals surface area contributed by atoms with Gasteiger partial charge >= 0.3 is 93.1 Å². The summed E-state index contributed by atoms with van der Waals surface area (Å²) in [4.78, 5) is 11.0. The first-order valence-electron chi connectivity index (χ1n) is 4.20. The summed E-state index contributed by atoms with van der Waals surface area (Å²) in [6.07, 6.45) is 0.828. The molecular weight excluding hydrogens is 356 g/mol. The van der Waals surface area contributed by atoms with E-state index in [0.29, 0.717) is 0 Å². The van der Waals surface area contributed by atoms with E-state index in [4.69, 9.17) is 9.47 Å². The third kappa shape index (κ3) is 1.96. The van der Waals surface area contributed by atoms with Gasteiger partial charge in [-0.15, -0.1) is 0 Å². The molecule has 1 aliphatic heterocycles. The summed E-state index contributed by atoms with van der Waals surface area (Å²) in [5, 5.41) is 10.1. The molecule has 0 aromatic rings. The molecule has 0 spiro atoms. The van der Waals surface area contributed by atoms with Gasteiger partial charge in [-0.1, -0.05) is 0 Å². The molecule has 3 atom stereocenters. The fraction of sp³-hybridized carbons (Fsp3) is 0.556. The molecule has 1 saturated heterocycles. The van der Waals surface area contributed by atoms with Crippen LogP contribution in [0.2, 0.25) is 0 Å². The van der Waals surface area contributed by atoms with Gasteiger partial charge in [-0.25, -0.2) is 0 Å². The van der Waals surface area contributed by atoms with Gasteiger partial charge in [-0.3, -0.25) is 0 Å². The summed E-state index contributed by atoms with van der Waals surface area (Å²) in [5.41, 5.74) is 0. The predicted molar refractivity (Wildman–Crippen MR) is 46.0 cm³/mol. The Labute approximate surface area is 93.3 Å². The van der Waals surface area contributed by atoms with Crippen LogP contribution in [0.25, 0.3) is 0 Å². The number of cyclic esters (lactones) is 1. The van der Waals surface area contributed by atoms with E-state index in [1.54, 1.807) is 11.3 Å². The van der Waals surface area contributed by atoms with Gasteiger partial charge in [0.2, 0.25) is 0 Å². The van der Waals surface area contributed by atoms with Gasteiger partial charge in [-0.2, -0.15) is 0 Å². The zero-order valence-corrected chi connectivity index (χ0v) is 10.7. The minimum absolute atomic E-state index is 0.219. The van der Waals surface area contributed by atoms with Crippen LogP contribution in [0.15, 0.2) is 12.8 Å². The Kier molecular flexibility index (Phi) is 3.62. The molecule has 0 aliphatic carbocycles. The van der Waals surface area contributed by atoms with E-state index in [9.17, 15) is 9.90 Å². The van der Waals surface area contributed by atoms with E-state index in [1.807, 2.05) is 0 Å². The fourth-order valence-electron chi connectivity index (χ4n) is 1.39. The Morgan fingerprint density at radius 3 is 2.93 bits per heavy atom. The van der Waals surface area contributed by atoms with Crippen molar-refractivity contribution in [3.05, 3.63) is 12.8 Å². The van der Waals surface area contributed by atoms with Crippen LogP contribution in [0.1, 0.15) is 13.3 Å². The normalized spacial score (nSPS) is 33.3. The van der Waals surface area contributed by atoms with Crippen molar-refractivity contribution in [2.45, 2.75) is 25.2 Å². The zero-order valence-electron chi connectivity index (χ0n) is 7.80. The molecule has 1 heterocycles. The summed E-state index contributed by atoms with van der Waals surface area (Å²) in [6, 6.07) is 0. The molecule has 0 bridgehead atoms. The van der Waals surface area contributed by atoms with Gasteiger partial charge in [0.25, 0.3) is 0 Å². The molecule has 1 aliphatic rings. The molecule has 0 radical (unpaired) electrons. The molecule has 4 nitrogen and oxygen atoms in total. The third-order valence-electron chi connectivity index (χ3n) is 2.23. The fourth-order valence-corrected chi connectivity index (χ4v) is 2.32. The first kappa shape index (κ1) is 11.6. The Hall–Kier alpha value is -0.472. The maximum atomic E-state index is 11.0. The summed E-state index contributed by atoms with van der Waals surface area (Å²) < 4.78 is 11.7. The van der Waals surface area contributed by atoms with Crippen LogP contribution in [0, 0.1) is 5.92 Å². The second kappa shape index (κ2) is 4.37. The molecule has 0 aromatic carbocycles. The number of ether oxygens (including phenoxy) is 2. The summed E-state index contributed by atoms with van der Waals surface area (Å²) in [7, 11) is 0. The van der Waals surface area contributed by atoms with Crippen molar-refractivity contribution < 1.29 is 38.7 Å². The van der Waals surface area contributed by atoms with Gasteiger partial charge in [0.1, 0.15) is 0 Å². The van der Waals surface area contributed by atoms with Gasteiger partial charge in [-0.05, 0) is 0 Å². The van der Waals surface area contributed by atoms with Crippen LogP contribution in [0.5, 0.6) is 0 Å². The van der Waals surface area contributed by atoms with E-state index in [0.717, 1.165) is 19.4 Å². The molecule has 0 saturated carbocycles. The molecule has 14 heavy (non-hydrogen) atoms. The van der Waals surface area contributed by atoms with Crippen LogP contribution in [0.4, 0.5) is 0 Å². The molecule has 5 heteroatoms. The van der Waals surface area contributed by atoms with Gasteiger partial charge in [0, 0.05) is 0 Å². The van der Waals surface area contributed by atoms with Gasteiger partial charge in [0.15, 0.2) is 0 Å². The van der Waals surface area contributed by atoms with Gasteiger partial charge in [0.05, 0.1) is 0 Å². The minimum atomic E-state index is -1.53. The van der Waals surface area contributed by atoms with E-state index in [1.165, 1.54) is 6.26 Å². The number of rotatable bonds is 4. The number of esters is 1. The van der Waals surface area contributed by atoms with Crippen LogP contribution in [-0.2, 0) is 33.6 Å². The van der Waals surface area contributed by atoms with Crippen molar-refractivity contribution in [2.24, 2.45) is 5.92 Å². The Morgan fingerprint density at radius 2 is 2.57 bits per heavy atom. The van der Waals surface area contributed by atoms with Crippen molar-refractivity contribution in [1.29, 1.82) is 0 Å². The number of hydrogen-bond donors (Lipinski definition) is 1. The average Bonchev–Trinajstić information content (AvgIpc) is 2.37. The predicted octanol–water partition coefficient (Wildman–Crippen LogP) is 0.136. The molecule has 0 aromatic heterocycles. The molecule has 1 N–H and O–H groups in total.